The molecule has 4 nitrogen and oxygen atoms in total. The third kappa shape index (κ3) is 2.89. The number of esters is 1. The first-order valence-corrected chi connectivity index (χ1v) is 4.93. The Morgan fingerprint density at radius 1 is 1.73 bits per heavy atom. The summed E-state index contributed by atoms with van der Waals surface area (Å²) in [5.74, 6) is -0.302. The average molecular weight is 212 g/mol. The Labute approximate surface area is 89.2 Å². The van der Waals surface area contributed by atoms with Crippen molar-refractivity contribution < 1.29 is 19.1 Å². The minimum atomic E-state index is -0.485. The molecule has 1 rings (SSSR count). The van der Waals surface area contributed by atoms with Crippen molar-refractivity contribution in [3.05, 3.63) is 12.2 Å². The number of hydrogen-bond donors (Lipinski definition) is 0. The lowest BCUT2D eigenvalue weighted by Gasteiger charge is -2.33. The van der Waals surface area contributed by atoms with Gasteiger partial charge in [-0.2, -0.15) is 0 Å². The molecule has 1 heterocycles. The van der Waals surface area contributed by atoms with E-state index in [2.05, 4.69) is 11.3 Å². The fraction of sp³-hybridized carbons (Fsp3) is 0.636. The molecule has 0 aliphatic carbocycles. The number of hydrogen-bond acceptors (Lipinski definition) is 4. The van der Waals surface area contributed by atoms with Crippen LogP contribution in [0.15, 0.2) is 12.2 Å². The topological polar surface area (TPSA) is 52.6 Å². The van der Waals surface area contributed by atoms with Crippen LogP contribution in [0.3, 0.4) is 0 Å². The van der Waals surface area contributed by atoms with Crippen LogP contribution in [-0.2, 0) is 19.1 Å². The molecule has 0 aromatic carbocycles. The molecule has 0 aromatic heterocycles. The second-order valence-corrected chi connectivity index (χ2v) is 3.79. The fourth-order valence-electron chi connectivity index (χ4n) is 1.64. The van der Waals surface area contributed by atoms with E-state index in [0.717, 1.165) is 11.9 Å². The molecule has 0 amide bonds. The summed E-state index contributed by atoms with van der Waals surface area (Å²) >= 11 is 0. The van der Waals surface area contributed by atoms with Crippen LogP contribution in [-0.4, -0.2) is 31.6 Å². The highest BCUT2D eigenvalue weighted by Crippen LogP contribution is 2.29. The lowest BCUT2D eigenvalue weighted by Crippen LogP contribution is -2.37. The van der Waals surface area contributed by atoms with Crippen LogP contribution in [0.1, 0.15) is 19.8 Å². The van der Waals surface area contributed by atoms with Gasteiger partial charge in [0.2, 0.25) is 0 Å². The van der Waals surface area contributed by atoms with Crippen molar-refractivity contribution in [1.82, 2.24) is 0 Å². The summed E-state index contributed by atoms with van der Waals surface area (Å²) in [4.78, 5) is 21.8. The van der Waals surface area contributed by atoms with Gasteiger partial charge in [-0.05, 0) is 6.42 Å². The van der Waals surface area contributed by atoms with Crippen LogP contribution in [0.25, 0.3) is 0 Å². The molecule has 1 aliphatic rings. The van der Waals surface area contributed by atoms with E-state index in [-0.39, 0.29) is 24.4 Å². The van der Waals surface area contributed by atoms with E-state index in [1.165, 1.54) is 7.11 Å². The maximum absolute atomic E-state index is 11.0. The zero-order valence-corrected chi connectivity index (χ0v) is 9.06. The summed E-state index contributed by atoms with van der Waals surface area (Å²) in [5.41, 5.74) is 0.951. The predicted octanol–water partition coefficient (Wildman–Crippen LogP) is 1.10. The Morgan fingerprint density at radius 3 is 2.93 bits per heavy atom. The van der Waals surface area contributed by atoms with Crippen LogP contribution in [0.5, 0.6) is 0 Å². The molecule has 0 saturated carbocycles. The molecular formula is C11H16O4. The molecule has 1 fully saturated rings. The van der Waals surface area contributed by atoms with E-state index in [9.17, 15) is 9.59 Å². The van der Waals surface area contributed by atoms with Gasteiger partial charge in [-0.1, -0.05) is 19.1 Å². The predicted molar refractivity (Wildman–Crippen MR) is 54.3 cm³/mol. The quantitative estimate of drug-likeness (QED) is 0.399. The number of aldehydes is 1. The van der Waals surface area contributed by atoms with E-state index in [1.54, 1.807) is 0 Å². The Morgan fingerprint density at radius 2 is 2.40 bits per heavy atom. The van der Waals surface area contributed by atoms with Crippen LogP contribution in [0, 0.1) is 5.92 Å². The molecule has 84 valence electrons. The van der Waals surface area contributed by atoms with Crippen LogP contribution in [0.2, 0.25) is 0 Å². The number of ether oxygens (including phenoxy) is 2. The van der Waals surface area contributed by atoms with Crippen molar-refractivity contribution in [3.63, 3.8) is 0 Å². The van der Waals surface area contributed by atoms with Gasteiger partial charge in [-0.15, -0.1) is 0 Å². The van der Waals surface area contributed by atoms with Gasteiger partial charge in [0, 0.05) is 5.92 Å². The first-order chi connectivity index (χ1) is 7.08. The summed E-state index contributed by atoms with van der Waals surface area (Å²) in [6.07, 6.45) is 0.782. The lowest BCUT2D eigenvalue weighted by molar-refractivity contribution is -0.149. The Balaban J connectivity index is 2.59. The van der Waals surface area contributed by atoms with E-state index < -0.39 is 6.10 Å². The molecule has 3 atom stereocenters. The largest absolute Gasteiger partial charge is 0.469 e. The zero-order valence-electron chi connectivity index (χ0n) is 9.06. The molecule has 1 saturated heterocycles. The second kappa shape index (κ2) is 5.07. The first kappa shape index (κ1) is 11.9. The maximum Gasteiger partial charge on any atom is 0.308 e. The van der Waals surface area contributed by atoms with Gasteiger partial charge < -0.3 is 14.3 Å². The summed E-state index contributed by atoms with van der Waals surface area (Å²) in [5, 5.41) is 0. The third-order valence-corrected chi connectivity index (χ3v) is 2.73. The Hall–Kier alpha value is -1.16. The molecule has 15 heavy (non-hydrogen) atoms. The molecular weight excluding hydrogens is 196 g/mol. The van der Waals surface area contributed by atoms with Gasteiger partial charge in [0.25, 0.3) is 0 Å². The highest BCUT2D eigenvalue weighted by atomic mass is 16.5. The van der Waals surface area contributed by atoms with Gasteiger partial charge in [0.05, 0.1) is 19.6 Å². The second-order valence-electron chi connectivity index (χ2n) is 3.79. The first-order valence-electron chi connectivity index (χ1n) is 4.93. The van der Waals surface area contributed by atoms with Crippen molar-refractivity contribution in [1.29, 1.82) is 0 Å². The highest BCUT2D eigenvalue weighted by Gasteiger charge is 2.31. The molecule has 1 aliphatic heterocycles. The van der Waals surface area contributed by atoms with E-state index >= 15 is 0 Å². The SMILES string of the molecule is C=C1C[C@@H](CC(=O)OC)O[C@H](C=O)[C@H]1C. The fourth-order valence-corrected chi connectivity index (χ4v) is 1.64. The van der Waals surface area contributed by atoms with Crippen LogP contribution >= 0.6 is 0 Å². The van der Waals surface area contributed by atoms with Gasteiger partial charge in [-0.3, -0.25) is 4.79 Å². The zero-order chi connectivity index (χ0) is 11.4. The van der Waals surface area contributed by atoms with Gasteiger partial charge >= 0.3 is 5.97 Å². The van der Waals surface area contributed by atoms with Crippen molar-refractivity contribution in [2.45, 2.75) is 32.0 Å². The van der Waals surface area contributed by atoms with E-state index in [0.29, 0.717) is 6.42 Å². The van der Waals surface area contributed by atoms with E-state index in [4.69, 9.17) is 4.74 Å². The number of rotatable bonds is 3. The van der Waals surface area contributed by atoms with Crippen LogP contribution in [0.4, 0.5) is 0 Å². The number of carbonyl (C=O) groups is 2. The molecule has 0 aromatic rings. The van der Waals surface area contributed by atoms with Crippen molar-refractivity contribution in [2.24, 2.45) is 5.92 Å². The average Bonchev–Trinajstić information content (AvgIpc) is 2.22. The monoisotopic (exact) mass is 212 g/mol. The normalized spacial score (nSPS) is 31.1. The minimum Gasteiger partial charge on any atom is -0.469 e. The summed E-state index contributed by atoms with van der Waals surface area (Å²) < 4.78 is 10.0. The Bertz CT molecular complexity index is 270. The van der Waals surface area contributed by atoms with Crippen molar-refractivity contribution in [2.75, 3.05) is 7.11 Å². The molecule has 0 radical (unpaired) electrons. The van der Waals surface area contributed by atoms with E-state index in [1.807, 2.05) is 6.92 Å². The maximum atomic E-state index is 11.0. The molecule has 0 spiro atoms. The van der Waals surface area contributed by atoms with Gasteiger partial charge in [-0.25, -0.2) is 0 Å². The third-order valence-electron chi connectivity index (χ3n) is 2.73. The molecule has 0 bridgehead atoms. The minimum absolute atomic E-state index is 0.0244. The standard InChI is InChI=1S/C11H16O4/c1-7-4-9(5-11(13)14-3)15-10(6-12)8(7)2/h6,8-10H,1,4-5H2,2-3H3/t8-,9-,10+/m0/s1. The lowest BCUT2D eigenvalue weighted by atomic mass is 9.88. The highest BCUT2D eigenvalue weighted by molar-refractivity contribution is 5.70. The molecule has 0 unspecified atom stereocenters. The molecule has 0 N–H and O–H groups in total. The summed E-state index contributed by atoms with van der Waals surface area (Å²) in [7, 11) is 1.33. The van der Waals surface area contributed by atoms with Crippen molar-refractivity contribution >= 4 is 12.3 Å². The van der Waals surface area contributed by atoms with Gasteiger partial charge in [0.1, 0.15) is 12.4 Å². The number of methoxy groups -OCH3 is 1. The van der Waals surface area contributed by atoms with Crippen LogP contribution < -0.4 is 0 Å². The summed E-state index contributed by atoms with van der Waals surface area (Å²) in [6.45, 7) is 5.78. The summed E-state index contributed by atoms with van der Waals surface area (Å²) in [6, 6.07) is 0. The van der Waals surface area contributed by atoms with Gasteiger partial charge in [0.15, 0.2) is 0 Å². The Kier molecular flexibility index (Phi) is 4.03. The van der Waals surface area contributed by atoms with Crippen molar-refractivity contribution in [3.8, 4) is 0 Å². The number of carbonyl (C=O) groups excluding carboxylic acids is 2. The molecule has 4 heteroatoms. The smallest absolute Gasteiger partial charge is 0.308 e.